The third-order valence-electron chi connectivity index (χ3n) is 2.41. The molecule has 0 bridgehead atoms. The largest absolute Gasteiger partial charge is 0.372 e. The zero-order valence-corrected chi connectivity index (χ0v) is 10.3. The van der Waals surface area contributed by atoms with Crippen molar-refractivity contribution in [3.63, 3.8) is 0 Å². The van der Waals surface area contributed by atoms with Gasteiger partial charge in [-0.3, -0.25) is 15.1 Å². The molecule has 0 saturated heterocycles. The van der Waals surface area contributed by atoms with Gasteiger partial charge < -0.3 is 5.32 Å². The standard InChI is InChI=1S/C11H10FN3O2S/c1-7(11-5-13-6-18-11)14-9-3-2-8(12)4-10(9)15(16)17/h2-7,14H,1H3. The molecule has 1 unspecified atom stereocenters. The summed E-state index contributed by atoms with van der Waals surface area (Å²) in [6.07, 6.45) is 1.69. The van der Waals surface area contributed by atoms with Crippen molar-refractivity contribution in [1.82, 2.24) is 4.98 Å². The Kier molecular flexibility index (Phi) is 3.52. The second kappa shape index (κ2) is 5.09. The third-order valence-corrected chi connectivity index (χ3v) is 3.36. The highest BCUT2D eigenvalue weighted by molar-refractivity contribution is 7.09. The fourth-order valence-corrected chi connectivity index (χ4v) is 2.15. The molecule has 0 amide bonds. The zero-order valence-electron chi connectivity index (χ0n) is 9.46. The number of hydrogen-bond donors (Lipinski definition) is 1. The first kappa shape index (κ1) is 12.4. The lowest BCUT2D eigenvalue weighted by Gasteiger charge is -2.13. The molecule has 2 rings (SSSR count). The van der Waals surface area contributed by atoms with E-state index in [2.05, 4.69) is 10.3 Å². The summed E-state index contributed by atoms with van der Waals surface area (Å²) in [6.45, 7) is 1.86. The van der Waals surface area contributed by atoms with Crippen LogP contribution in [0.15, 0.2) is 29.9 Å². The van der Waals surface area contributed by atoms with Crippen molar-refractivity contribution in [2.75, 3.05) is 5.32 Å². The molecular weight excluding hydrogens is 257 g/mol. The van der Waals surface area contributed by atoms with Crippen LogP contribution in [0.4, 0.5) is 15.8 Å². The summed E-state index contributed by atoms with van der Waals surface area (Å²) in [5.41, 5.74) is 1.71. The van der Waals surface area contributed by atoms with Crippen LogP contribution in [0.5, 0.6) is 0 Å². The lowest BCUT2D eigenvalue weighted by atomic mass is 10.2. The van der Waals surface area contributed by atoms with Crippen molar-refractivity contribution in [1.29, 1.82) is 0 Å². The average Bonchev–Trinajstić information content (AvgIpc) is 2.84. The van der Waals surface area contributed by atoms with Crippen molar-refractivity contribution in [2.45, 2.75) is 13.0 Å². The van der Waals surface area contributed by atoms with Gasteiger partial charge >= 0.3 is 0 Å². The van der Waals surface area contributed by atoms with Crippen LogP contribution >= 0.6 is 11.3 Å². The number of nitro benzene ring substituents is 1. The molecule has 7 heteroatoms. The lowest BCUT2D eigenvalue weighted by Crippen LogP contribution is -2.07. The average molecular weight is 267 g/mol. The van der Waals surface area contributed by atoms with Gasteiger partial charge in [0.05, 0.1) is 22.5 Å². The number of hydrogen-bond acceptors (Lipinski definition) is 5. The Labute approximate surface area is 106 Å². The Balaban J connectivity index is 2.26. The van der Waals surface area contributed by atoms with Gasteiger partial charge in [0, 0.05) is 11.1 Å². The number of halogens is 1. The summed E-state index contributed by atoms with van der Waals surface area (Å²) in [5.74, 6) is -0.627. The molecule has 1 heterocycles. The molecule has 0 radical (unpaired) electrons. The van der Waals surface area contributed by atoms with Crippen molar-refractivity contribution in [2.24, 2.45) is 0 Å². The molecule has 94 valence electrons. The van der Waals surface area contributed by atoms with Gasteiger partial charge in [-0.25, -0.2) is 4.39 Å². The first-order valence-corrected chi connectivity index (χ1v) is 6.05. The van der Waals surface area contributed by atoms with Crippen LogP contribution in [0, 0.1) is 15.9 Å². The van der Waals surface area contributed by atoms with Crippen LogP contribution in [0.1, 0.15) is 17.8 Å². The number of thiazole rings is 1. The summed E-state index contributed by atoms with van der Waals surface area (Å²) < 4.78 is 13.0. The van der Waals surface area contributed by atoms with Gasteiger partial charge in [0.1, 0.15) is 11.5 Å². The normalized spacial score (nSPS) is 12.1. The number of rotatable bonds is 4. The first-order valence-electron chi connectivity index (χ1n) is 5.17. The van der Waals surface area contributed by atoms with Crippen LogP contribution in [-0.4, -0.2) is 9.91 Å². The summed E-state index contributed by atoms with van der Waals surface area (Å²) in [7, 11) is 0. The molecule has 0 spiro atoms. The maximum absolute atomic E-state index is 13.0. The Morgan fingerprint density at radius 1 is 1.56 bits per heavy atom. The second-order valence-electron chi connectivity index (χ2n) is 3.69. The predicted octanol–water partition coefficient (Wildman–Crippen LogP) is 3.36. The molecule has 0 fully saturated rings. The van der Waals surface area contributed by atoms with Crippen molar-refractivity contribution >= 4 is 22.7 Å². The molecule has 1 N–H and O–H groups in total. The van der Waals surface area contributed by atoms with Crippen LogP contribution in [0.2, 0.25) is 0 Å². The van der Waals surface area contributed by atoms with Gasteiger partial charge in [0.25, 0.3) is 5.69 Å². The SMILES string of the molecule is CC(Nc1ccc(F)cc1[N+](=O)[O-])c1cncs1. The quantitative estimate of drug-likeness (QED) is 0.681. The minimum Gasteiger partial charge on any atom is -0.372 e. The maximum atomic E-state index is 13.0. The van der Waals surface area contributed by atoms with Gasteiger partial charge in [-0.15, -0.1) is 11.3 Å². The molecule has 2 aromatic rings. The Bertz CT molecular complexity index is 559. The summed E-state index contributed by atoms with van der Waals surface area (Å²) in [4.78, 5) is 15.1. The molecule has 0 saturated carbocycles. The lowest BCUT2D eigenvalue weighted by molar-refractivity contribution is -0.384. The fraction of sp³-hybridized carbons (Fsp3) is 0.182. The number of nitrogens with zero attached hydrogens (tertiary/aromatic N) is 2. The summed E-state index contributed by atoms with van der Waals surface area (Å²) >= 11 is 1.45. The Hall–Kier alpha value is -2.02. The van der Waals surface area contributed by atoms with E-state index in [1.807, 2.05) is 6.92 Å². The van der Waals surface area contributed by atoms with E-state index in [1.54, 1.807) is 11.7 Å². The van der Waals surface area contributed by atoms with E-state index in [-0.39, 0.29) is 11.7 Å². The molecular formula is C11H10FN3O2S. The zero-order chi connectivity index (χ0) is 13.1. The number of nitro groups is 1. The van der Waals surface area contributed by atoms with E-state index in [1.165, 1.54) is 23.5 Å². The molecule has 5 nitrogen and oxygen atoms in total. The molecule has 1 aromatic carbocycles. The minimum absolute atomic E-state index is 0.123. The van der Waals surface area contributed by atoms with E-state index < -0.39 is 10.7 Å². The van der Waals surface area contributed by atoms with E-state index in [0.717, 1.165) is 10.9 Å². The molecule has 0 aliphatic rings. The van der Waals surface area contributed by atoms with Crippen LogP contribution in [0.25, 0.3) is 0 Å². The van der Waals surface area contributed by atoms with Gasteiger partial charge in [0.2, 0.25) is 0 Å². The van der Waals surface area contributed by atoms with Crippen molar-refractivity contribution in [3.05, 3.63) is 50.7 Å². The van der Waals surface area contributed by atoms with Crippen LogP contribution in [0.3, 0.4) is 0 Å². The van der Waals surface area contributed by atoms with E-state index >= 15 is 0 Å². The highest BCUT2D eigenvalue weighted by atomic mass is 32.1. The maximum Gasteiger partial charge on any atom is 0.295 e. The smallest absolute Gasteiger partial charge is 0.295 e. The Morgan fingerprint density at radius 2 is 2.33 bits per heavy atom. The second-order valence-corrected chi connectivity index (χ2v) is 4.61. The van der Waals surface area contributed by atoms with Crippen molar-refractivity contribution < 1.29 is 9.31 Å². The fourth-order valence-electron chi connectivity index (χ4n) is 1.52. The molecule has 0 aliphatic carbocycles. The van der Waals surface area contributed by atoms with Crippen molar-refractivity contribution in [3.8, 4) is 0 Å². The minimum atomic E-state index is -0.627. The van der Waals surface area contributed by atoms with Gasteiger partial charge in [-0.05, 0) is 19.1 Å². The van der Waals surface area contributed by atoms with Crippen LogP contribution in [-0.2, 0) is 0 Å². The van der Waals surface area contributed by atoms with Gasteiger partial charge in [-0.1, -0.05) is 0 Å². The first-order chi connectivity index (χ1) is 8.58. The molecule has 1 aromatic heterocycles. The number of aromatic nitrogens is 1. The van der Waals surface area contributed by atoms with E-state index in [0.29, 0.717) is 5.69 Å². The van der Waals surface area contributed by atoms with Gasteiger partial charge in [0.15, 0.2) is 0 Å². The topological polar surface area (TPSA) is 68.1 Å². The number of nitrogens with one attached hydrogen (secondary N) is 1. The molecule has 0 aliphatic heterocycles. The summed E-state index contributed by atoms with van der Waals surface area (Å²) in [5, 5.41) is 13.8. The highest BCUT2D eigenvalue weighted by Gasteiger charge is 2.17. The van der Waals surface area contributed by atoms with E-state index in [9.17, 15) is 14.5 Å². The monoisotopic (exact) mass is 267 g/mol. The highest BCUT2D eigenvalue weighted by Crippen LogP contribution is 2.29. The number of benzene rings is 1. The van der Waals surface area contributed by atoms with Gasteiger partial charge in [-0.2, -0.15) is 0 Å². The summed E-state index contributed by atoms with van der Waals surface area (Å²) in [6, 6.07) is 3.34. The molecule has 18 heavy (non-hydrogen) atoms. The number of anilines is 1. The molecule has 1 atom stereocenters. The van der Waals surface area contributed by atoms with E-state index in [4.69, 9.17) is 0 Å². The Morgan fingerprint density at radius 3 is 2.94 bits per heavy atom. The third kappa shape index (κ3) is 2.62. The van der Waals surface area contributed by atoms with Crippen LogP contribution < -0.4 is 5.32 Å². The predicted molar refractivity (Wildman–Crippen MR) is 67.2 cm³/mol.